The van der Waals surface area contributed by atoms with Gasteiger partial charge in [-0.2, -0.15) is 4.57 Å². The lowest BCUT2D eigenvalue weighted by molar-refractivity contribution is -0.695. The molecule has 0 unspecified atom stereocenters. The maximum atomic E-state index is 5.19. The molecule has 0 radical (unpaired) electrons. The van der Waals surface area contributed by atoms with Crippen molar-refractivity contribution in [3.63, 3.8) is 0 Å². The van der Waals surface area contributed by atoms with E-state index in [-0.39, 0.29) is 0 Å². The molecule has 0 saturated carbocycles. The molecule has 1 aliphatic heterocycles. The highest BCUT2D eigenvalue weighted by molar-refractivity contribution is 8.08. The van der Waals surface area contributed by atoms with Crippen LogP contribution in [0.3, 0.4) is 0 Å². The van der Waals surface area contributed by atoms with Gasteiger partial charge in [-0.25, -0.2) is 0 Å². The van der Waals surface area contributed by atoms with Gasteiger partial charge in [-0.1, -0.05) is 12.1 Å². The SMILES string of the molecule is COc1ccc(/C=C2\SCC[n+]3ccccc32)cc1. The largest absolute Gasteiger partial charge is 0.497 e. The molecule has 0 atom stereocenters. The standard InChI is InChI=1S/C16H16NOS/c1-18-14-7-5-13(6-8-14)12-16-15-4-2-3-9-17(15)10-11-19-16/h2-9,12H,10-11H2,1H3/q+1/b16-12-. The first kappa shape index (κ1) is 12.3. The molecule has 3 heteroatoms. The maximum Gasteiger partial charge on any atom is 0.218 e. The number of hydrogen-bond acceptors (Lipinski definition) is 2. The molecule has 0 amide bonds. The van der Waals surface area contributed by atoms with Crippen molar-refractivity contribution in [2.45, 2.75) is 6.54 Å². The van der Waals surface area contributed by atoms with E-state index in [9.17, 15) is 0 Å². The Morgan fingerprint density at radius 3 is 2.79 bits per heavy atom. The third-order valence-corrected chi connectivity index (χ3v) is 4.22. The number of ether oxygens (including phenoxy) is 1. The Kier molecular flexibility index (Phi) is 3.56. The van der Waals surface area contributed by atoms with Crippen LogP contribution in [0.25, 0.3) is 11.0 Å². The molecule has 0 spiro atoms. The summed E-state index contributed by atoms with van der Waals surface area (Å²) in [5, 5.41) is 0. The number of thioether (sulfide) groups is 1. The zero-order valence-electron chi connectivity index (χ0n) is 10.9. The first-order valence-corrected chi connectivity index (χ1v) is 7.33. The predicted molar refractivity (Wildman–Crippen MR) is 80.0 cm³/mol. The van der Waals surface area contributed by atoms with Crippen LogP contribution in [0.5, 0.6) is 5.75 Å². The van der Waals surface area contributed by atoms with E-state index in [1.165, 1.54) is 16.2 Å². The van der Waals surface area contributed by atoms with Crippen molar-refractivity contribution in [1.29, 1.82) is 0 Å². The maximum absolute atomic E-state index is 5.19. The first-order chi connectivity index (χ1) is 9.36. The summed E-state index contributed by atoms with van der Waals surface area (Å²) < 4.78 is 7.50. The van der Waals surface area contributed by atoms with Crippen LogP contribution in [-0.2, 0) is 6.54 Å². The van der Waals surface area contributed by atoms with Crippen LogP contribution < -0.4 is 9.30 Å². The number of pyridine rings is 1. The number of hydrogen-bond donors (Lipinski definition) is 0. The number of methoxy groups -OCH3 is 1. The number of aromatic nitrogens is 1. The quantitative estimate of drug-likeness (QED) is 0.777. The lowest BCUT2D eigenvalue weighted by Gasteiger charge is -2.12. The Morgan fingerprint density at radius 1 is 1.16 bits per heavy atom. The first-order valence-electron chi connectivity index (χ1n) is 6.34. The molecule has 0 N–H and O–H groups in total. The summed E-state index contributed by atoms with van der Waals surface area (Å²) in [6.07, 6.45) is 4.39. The number of benzene rings is 1. The van der Waals surface area contributed by atoms with Crippen LogP contribution in [0.1, 0.15) is 11.3 Å². The molecule has 0 fully saturated rings. The number of rotatable bonds is 2. The van der Waals surface area contributed by atoms with Crippen molar-refractivity contribution in [2.75, 3.05) is 12.9 Å². The molecule has 2 heterocycles. The van der Waals surface area contributed by atoms with E-state index in [1.54, 1.807) is 7.11 Å². The van der Waals surface area contributed by atoms with Gasteiger partial charge in [-0.05, 0) is 29.8 Å². The van der Waals surface area contributed by atoms with Crippen LogP contribution in [0.4, 0.5) is 0 Å². The molecule has 0 bridgehead atoms. The fourth-order valence-corrected chi connectivity index (χ4v) is 3.25. The highest BCUT2D eigenvalue weighted by Crippen LogP contribution is 2.30. The van der Waals surface area contributed by atoms with Crippen LogP contribution in [0, 0.1) is 0 Å². The van der Waals surface area contributed by atoms with Gasteiger partial charge in [0.1, 0.15) is 5.75 Å². The Labute approximate surface area is 117 Å². The van der Waals surface area contributed by atoms with E-state index >= 15 is 0 Å². The zero-order valence-corrected chi connectivity index (χ0v) is 11.7. The Morgan fingerprint density at radius 2 is 2.00 bits per heavy atom. The van der Waals surface area contributed by atoms with E-state index in [2.05, 4.69) is 47.2 Å². The van der Waals surface area contributed by atoms with Gasteiger partial charge in [-0.3, -0.25) is 0 Å². The fourth-order valence-electron chi connectivity index (χ4n) is 2.19. The van der Waals surface area contributed by atoms with Crippen molar-refractivity contribution >= 4 is 22.7 Å². The van der Waals surface area contributed by atoms with Gasteiger partial charge in [0.2, 0.25) is 5.69 Å². The van der Waals surface area contributed by atoms with Crippen molar-refractivity contribution in [3.05, 3.63) is 59.9 Å². The molecule has 1 aromatic heterocycles. The molecule has 3 rings (SSSR count). The lowest BCUT2D eigenvalue weighted by Crippen LogP contribution is -2.40. The molecule has 0 saturated heterocycles. The third-order valence-electron chi connectivity index (χ3n) is 3.20. The Balaban J connectivity index is 1.95. The molecule has 0 aliphatic carbocycles. The molecular formula is C16H16NOS+. The molecule has 1 aromatic carbocycles. The molecular weight excluding hydrogens is 254 g/mol. The van der Waals surface area contributed by atoms with E-state index in [4.69, 9.17) is 4.74 Å². The average molecular weight is 270 g/mol. The van der Waals surface area contributed by atoms with E-state index in [0.717, 1.165) is 18.0 Å². The van der Waals surface area contributed by atoms with Gasteiger partial charge in [0, 0.05) is 12.1 Å². The van der Waals surface area contributed by atoms with Gasteiger partial charge in [-0.15, -0.1) is 11.8 Å². The molecule has 96 valence electrons. The highest BCUT2D eigenvalue weighted by atomic mass is 32.2. The zero-order chi connectivity index (χ0) is 13.1. The van der Waals surface area contributed by atoms with Crippen molar-refractivity contribution in [2.24, 2.45) is 0 Å². The van der Waals surface area contributed by atoms with E-state index in [1.807, 2.05) is 23.9 Å². The predicted octanol–water partition coefficient (Wildman–Crippen LogP) is 3.23. The molecule has 19 heavy (non-hydrogen) atoms. The monoisotopic (exact) mass is 270 g/mol. The second-order valence-electron chi connectivity index (χ2n) is 4.41. The van der Waals surface area contributed by atoms with Gasteiger partial charge < -0.3 is 4.74 Å². The lowest BCUT2D eigenvalue weighted by atomic mass is 10.2. The van der Waals surface area contributed by atoms with Crippen LogP contribution in [0.15, 0.2) is 48.7 Å². The number of aryl methyl sites for hydroxylation is 1. The third kappa shape index (κ3) is 2.66. The van der Waals surface area contributed by atoms with Gasteiger partial charge in [0.05, 0.1) is 17.8 Å². The number of fused-ring (bicyclic) bond motifs is 1. The summed E-state index contributed by atoms with van der Waals surface area (Å²) in [6, 6.07) is 14.5. The molecule has 2 nitrogen and oxygen atoms in total. The Bertz CT molecular complexity index is 604. The van der Waals surface area contributed by atoms with Gasteiger partial charge in [0.25, 0.3) is 0 Å². The summed E-state index contributed by atoms with van der Waals surface area (Å²) >= 11 is 1.92. The van der Waals surface area contributed by atoms with Crippen molar-refractivity contribution in [3.8, 4) is 5.75 Å². The molecule has 1 aliphatic rings. The summed E-state index contributed by atoms with van der Waals surface area (Å²) in [7, 11) is 1.69. The highest BCUT2D eigenvalue weighted by Gasteiger charge is 2.20. The number of nitrogens with zero attached hydrogens (tertiary/aromatic N) is 1. The second kappa shape index (κ2) is 5.49. The summed E-state index contributed by atoms with van der Waals surface area (Å²) in [5.74, 6) is 2.03. The summed E-state index contributed by atoms with van der Waals surface area (Å²) in [5.41, 5.74) is 2.51. The fraction of sp³-hybridized carbons (Fsp3) is 0.188. The second-order valence-corrected chi connectivity index (χ2v) is 5.55. The topological polar surface area (TPSA) is 13.1 Å². The average Bonchev–Trinajstić information content (AvgIpc) is 2.48. The van der Waals surface area contributed by atoms with Crippen LogP contribution in [0.2, 0.25) is 0 Å². The Hall–Kier alpha value is -1.74. The molecule has 2 aromatic rings. The van der Waals surface area contributed by atoms with E-state index < -0.39 is 0 Å². The van der Waals surface area contributed by atoms with E-state index in [0.29, 0.717) is 0 Å². The summed E-state index contributed by atoms with van der Waals surface area (Å²) in [4.78, 5) is 1.33. The minimum absolute atomic E-state index is 0.897. The van der Waals surface area contributed by atoms with Gasteiger partial charge in [0.15, 0.2) is 12.7 Å². The minimum atomic E-state index is 0.897. The summed E-state index contributed by atoms with van der Waals surface area (Å²) in [6.45, 7) is 1.08. The van der Waals surface area contributed by atoms with Gasteiger partial charge >= 0.3 is 0 Å². The van der Waals surface area contributed by atoms with Crippen molar-refractivity contribution in [1.82, 2.24) is 0 Å². The van der Waals surface area contributed by atoms with Crippen molar-refractivity contribution < 1.29 is 9.30 Å². The normalized spacial score (nSPS) is 16.2. The van der Waals surface area contributed by atoms with Crippen LogP contribution >= 0.6 is 11.8 Å². The minimum Gasteiger partial charge on any atom is -0.497 e. The van der Waals surface area contributed by atoms with Crippen LogP contribution in [-0.4, -0.2) is 12.9 Å². The smallest absolute Gasteiger partial charge is 0.218 e.